The van der Waals surface area contributed by atoms with Crippen LogP contribution in [0.4, 0.5) is 0 Å². The van der Waals surface area contributed by atoms with Crippen molar-refractivity contribution in [3.63, 3.8) is 0 Å². The third-order valence-corrected chi connectivity index (χ3v) is 4.26. The number of nitrogens with zero attached hydrogens (tertiary/aromatic N) is 4. The Morgan fingerprint density at radius 1 is 1.25 bits per heavy atom. The second-order valence-electron chi connectivity index (χ2n) is 5.86. The molecule has 0 saturated heterocycles. The van der Waals surface area contributed by atoms with Crippen LogP contribution in [0.5, 0.6) is 5.88 Å². The van der Waals surface area contributed by atoms with Gasteiger partial charge >= 0.3 is 0 Å². The molecule has 0 spiro atoms. The summed E-state index contributed by atoms with van der Waals surface area (Å²) in [7, 11) is 3.58. The Labute approximate surface area is 142 Å². The lowest BCUT2D eigenvalue weighted by Crippen LogP contribution is -2.18. The average Bonchev–Trinajstić information content (AvgIpc) is 3.20. The first-order chi connectivity index (χ1) is 11.6. The number of ether oxygens (including phenoxy) is 1. The monoisotopic (exact) mass is 325 g/mol. The van der Waals surface area contributed by atoms with Crippen LogP contribution in [0.15, 0.2) is 43.0 Å². The van der Waals surface area contributed by atoms with E-state index in [0.29, 0.717) is 6.54 Å². The lowest BCUT2D eigenvalue weighted by molar-refractivity contribution is 0.367. The molecular formula is C18H23N5O. The normalized spacial score (nSPS) is 12.3. The summed E-state index contributed by atoms with van der Waals surface area (Å²) in [6, 6.07) is 8.71. The second-order valence-corrected chi connectivity index (χ2v) is 5.86. The van der Waals surface area contributed by atoms with Crippen molar-refractivity contribution >= 4 is 0 Å². The number of imidazole rings is 1. The van der Waals surface area contributed by atoms with Gasteiger partial charge in [0.1, 0.15) is 0 Å². The van der Waals surface area contributed by atoms with E-state index in [4.69, 9.17) is 4.74 Å². The van der Waals surface area contributed by atoms with Gasteiger partial charge in [0.2, 0.25) is 5.88 Å². The van der Waals surface area contributed by atoms with Crippen molar-refractivity contribution in [1.29, 1.82) is 0 Å². The molecule has 0 aliphatic carbocycles. The predicted molar refractivity (Wildman–Crippen MR) is 93.3 cm³/mol. The van der Waals surface area contributed by atoms with Crippen LogP contribution in [-0.2, 0) is 13.6 Å². The molecule has 0 saturated carbocycles. The van der Waals surface area contributed by atoms with Crippen LogP contribution in [0.25, 0.3) is 5.69 Å². The maximum atomic E-state index is 5.44. The Morgan fingerprint density at radius 2 is 2.00 bits per heavy atom. The molecule has 0 fully saturated rings. The summed E-state index contributed by atoms with van der Waals surface area (Å²) in [5, 5.41) is 7.96. The third-order valence-electron chi connectivity index (χ3n) is 4.26. The minimum Gasteiger partial charge on any atom is -0.481 e. The molecule has 24 heavy (non-hydrogen) atoms. The smallest absolute Gasteiger partial charge is 0.216 e. The van der Waals surface area contributed by atoms with Gasteiger partial charge in [-0.3, -0.25) is 0 Å². The van der Waals surface area contributed by atoms with Gasteiger partial charge < -0.3 is 14.6 Å². The van der Waals surface area contributed by atoms with Crippen molar-refractivity contribution in [2.75, 3.05) is 7.11 Å². The lowest BCUT2D eigenvalue weighted by Gasteiger charge is -2.15. The molecular weight excluding hydrogens is 302 g/mol. The molecule has 0 aliphatic heterocycles. The SMILES string of the molecule is COc1c(CN[C@@H](C)c2ccc(-n3ccnc3)cc2)c(C)nn1C. The molecule has 3 rings (SSSR count). The molecule has 0 unspecified atom stereocenters. The minimum atomic E-state index is 0.228. The fraction of sp³-hybridized carbons (Fsp3) is 0.333. The topological polar surface area (TPSA) is 56.9 Å². The number of aromatic nitrogens is 4. The maximum Gasteiger partial charge on any atom is 0.216 e. The van der Waals surface area contributed by atoms with Crippen LogP contribution in [0.3, 0.4) is 0 Å². The zero-order chi connectivity index (χ0) is 17.1. The minimum absolute atomic E-state index is 0.228. The van der Waals surface area contributed by atoms with Crippen molar-refractivity contribution in [3.8, 4) is 11.6 Å². The standard InChI is InChI=1S/C18H23N5O/c1-13(20-11-17-14(2)21-22(3)18(17)24-4)15-5-7-16(8-6-15)23-10-9-19-12-23/h5-10,12-13,20H,11H2,1-4H3/t13-/m0/s1. The summed E-state index contributed by atoms with van der Waals surface area (Å²) in [5.74, 6) is 0.808. The van der Waals surface area contributed by atoms with E-state index in [1.54, 1.807) is 24.3 Å². The fourth-order valence-corrected chi connectivity index (χ4v) is 2.86. The Hall–Kier alpha value is -2.60. The third kappa shape index (κ3) is 3.19. The van der Waals surface area contributed by atoms with E-state index < -0.39 is 0 Å². The molecule has 126 valence electrons. The summed E-state index contributed by atoms with van der Waals surface area (Å²) in [4.78, 5) is 4.08. The van der Waals surface area contributed by atoms with Gasteiger partial charge in [0.15, 0.2) is 0 Å². The number of hydrogen-bond acceptors (Lipinski definition) is 4. The number of methoxy groups -OCH3 is 1. The number of rotatable bonds is 6. The first kappa shape index (κ1) is 16.3. The summed E-state index contributed by atoms with van der Waals surface area (Å²) in [6.45, 7) is 4.88. The number of hydrogen-bond donors (Lipinski definition) is 1. The molecule has 6 nitrogen and oxygen atoms in total. The zero-order valence-electron chi connectivity index (χ0n) is 14.5. The van der Waals surface area contributed by atoms with Crippen LogP contribution in [0.2, 0.25) is 0 Å². The van der Waals surface area contributed by atoms with E-state index in [1.807, 2.05) is 24.7 Å². The van der Waals surface area contributed by atoms with Gasteiger partial charge in [-0.2, -0.15) is 5.10 Å². The Balaban J connectivity index is 1.68. The van der Waals surface area contributed by atoms with Gasteiger partial charge in [0.25, 0.3) is 0 Å². The summed E-state index contributed by atoms with van der Waals surface area (Å²) in [6.07, 6.45) is 5.52. The molecule has 1 atom stereocenters. The predicted octanol–water partition coefficient (Wildman–Crippen LogP) is 2.77. The van der Waals surface area contributed by atoms with Crippen LogP contribution >= 0.6 is 0 Å². The highest BCUT2D eigenvalue weighted by Gasteiger charge is 2.15. The van der Waals surface area contributed by atoms with E-state index in [0.717, 1.165) is 22.8 Å². The van der Waals surface area contributed by atoms with Gasteiger partial charge in [0.05, 0.1) is 24.7 Å². The number of nitrogens with one attached hydrogen (secondary N) is 1. The van der Waals surface area contributed by atoms with E-state index in [9.17, 15) is 0 Å². The summed E-state index contributed by atoms with van der Waals surface area (Å²) in [5.41, 5.74) is 4.43. The zero-order valence-corrected chi connectivity index (χ0v) is 14.5. The number of aryl methyl sites for hydroxylation is 2. The average molecular weight is 325 g/mol. The van der Waals surface area contributed by atoms with E-state index >= 15 is 0 Å². The molecule has 0 radical (unpaired) electrons. The van der Waals surface area contributed by atoms with Gasteiger partial charge in [-0.15, -0.1) is 0 Å². The fourth-order valence-electron chi connectivity index (χ4n) is 2.86. The van der Waals surface area contributed by atoms with Gasteiger partial charge in [0, 0.05) is 37.7 Å². The maximum absolute atomic E-state index is 5.44. The molecule has 3 aromatic rings. The summed E-state index contributed by atoms with van der Waals surface area (Å²) >= 11 is 0. The van der Waals surface area contributed by atoms with Crippen LogP contribution in [0, 0.1) is 6.92 Å². The lowest BCUT2D eigenvalue weighted by atomic mass is 10.1. The first-order valence-corrected chi connectivity index (χ1v) is 7.98. The largest absolute Gasteiger partial charge is 0.481 e. The molecule has 1 aromatic carbocycles. The first-order valence-electron chi connectivity index (χ1n) is 7.98. The van der Waals surface area contributed by atoms with Gasteiger partial charge in [-0.25, -0.2) is 9.67 Å². The van der Waals surface area contributed by atoms with Crippen LogP contribution in [0.1, 0.15) is 29.8 Å². The van der Waals surface area contributed by atoms with Crippen LogP contribution in [-0.4, -0.2) is 26.4 Å². The van der Waals surface area contributed by atoms with Crippen molar-refractivity contribution in [2.24, 2.45) is 7.05 Å². The van der Waals surface area contributed by atoms with E-state index in [-0.39, 0.29) is 6.04 Å². The Bertz CT molecular complexity index is 790. The molecule has 2 aromatic heterocycles. The molecule has 2 heterocycles. The van der Waals surface area contributed by atoms with Gasteiger partial charge in [-0.1, -0.05) is 12.1 Å². The highest BCUT2D eigenvalue weighted by Crippen LogP contribution is 2.22. The number of benzene rings is 1. The van der Waals surface area contributed by atoms with Gasteiger partial charge in [-0.05, 0) is 31.5 Å². The molecule has 1 N–H and O–H groups in total. The van der Waals surface area contributed by atoms with E-state index in [2.05, 4.69) is 46.6 Å². The highest BCUT2D eigenvalue weighted by atomic mass is 16.5. The van der Waals surface area contributed by atoms with Crippen molar-refractivity contribution < 1.29 is 4.74 Å². The van der Waals surface area contributed by atoms with E-state index in [1.165, 1.54) is 5.56 Å². The Kier molecular flexibility index (Phi) is 4.66. The highest BCUT2D eigenvalue weighted by molar-refractivity contribution is 5.36. The van der Waals surface area contributed by atoms with Crippen molar-refractivity contribution in [3.05, 3.63) is 59.8 Å². The molecule has 6 heteroatoms. The van der Waals surface area contributed by atoms with Crippen molar-refractivity contribution in [1.82, 2.24) is 24.6 Å². The second kappa shape index (κ2) is 6.88. The molecule has 0 bridgehead atoms. The Morgan fingerprint density at radius 3 is 2.62 bits per heavy atom. The summed E-state index contributed by atoms with van der Waals surface area (Å²) < 4.78 is 9.21. The molecule has 0 amide bonds. The molecule has 0 aliphatic rings. The quantitative estimate of drug-likeness (QED) is 0.757. The van der Waals surface area contributed by atoms with Crippen LogP contribution < -0.4 is 10.1 Å². The van der Waals surface area contributed by atoms with Crippen molar-refractivity contribution in [2.45, 2.75) is 26.4 Å².